The third-order valence-corrected chi connectivity index (χ3v) is 4.27. The summed E-state index contributed by atoms with van der Waals surface area (Å²) in [5, 5.41) is 0. The van der Waals surface area contributed by atoms with Gasteiger partial charge in [0.05, 0.1) is 17.7 Å². The maximum Gasteiger partial charge on any atom is 0.240 e. The highest BCUT2D eigenvalue weighted by atomic mass is 32.2. The molecule has 0 saturated carbocycles. The fourth-order valence-corrected chi connectivity index (χ4v) is 2.45. The number of sulfonamides is 1. The van der Waals surface area contributed by atoms with Crippen LogP contribution in [0.3, 0.4) is 0 Å². The van der Waals surface area contributed by atoms with Crippen LogP contribution in [0.15, 0.2) is 47.4 Å². The second-order valence-corrected chi connectivity index (χ2v) is 6.05. The van der Waals surface area contributed by atoms with Gasteiger partial charge in [0.25, 0.3) is 0 Å². The van der Waals surface area contributed by atoms with Gasteiger partial charge in [-0.15, -0.1) is 0 Å². The van der Waals surface area contributed by atoms with E-state index in [2.05, 4.69) is 4.72 Å². The Morgan fingerprint density at radius 1 is 1.05 bits per heavy atom. The number of nitrogens with two attached hydrogens (primary N) is 1. The van der Waals surface area contributed by atoms with Crippen LogP contribution < -0.4 is 19.9 Å². The van der Waals surface area contributed by atoms with E-state index in [1.54, 1.807) is 24.3 Å². The lowest BCUT2D eigenvalue weighted by atomic mass is 10.3. The Morgan fingerprint density at radius 3 is 2.33 bits per heavy atom. The number of ether oxygens (including phenoxy) is 2. The van der Waals surface area contributed by atoms with Crippen molar-refractivity contribution in [3.05, 3.63) is 42.5 Å². The fraction of sp³-hybridized carbons (Fsp3) is 0.143. The molecule has 0 heterocycles. The molecule has 0 bridgehead atoms. The number of benzene rings is 2. The van der Waals surface area contributed by atoms with Gasteiger partial charge >= 0.3 is 0 Å². The number of methoxy groups -OCH3 is 1. The van der Waals surface area contributed by atoms with Gasteiger partial charge in [-0.3, -0.25) is 0 Å². The van der Waals surface area contributed by atoms with Gasteiger partial charge in [0.2, 0.25) is 10.0 Å². The van der Waals surface area contributed by atoms with Gasteiger partial charge in [-0.2, -0.15) is 0 Å². The molecule has 0 aliphatic rings. The summed E-state index contributed by atoms with van der Waals surface area (Å²) in [4.78, 5) is 0.0732. The van der Waals surface area contributed by atoms with Crippen molar-refractivity contribution < 1.29 is 17.9 Å². The third-order valence-electron chi connectivity index (χ3n) is 2.85. The summed E-state index contributed by atoms with van der Waals surface area (Å²) in [5.41, 5.74) is 6.16. The summed E-state index contributed by atoms with van der Waals surface area (Å²) < 4.78 is 36.7. The van der Waals surface area contributed by atoms with Crippen LogP contribution >= 0.6 is 0 Å². The smallest absolute Gasteiger partial charge is 0.240 e. The molecule has 0 spiro atoms. The van der Waals surface area contributed by atoms with Gasteiger partial charge in [-0.05, 0) is 31.3 Å². The predicted molar refractivity (Wildman–Crippen MR) is 80.2 cm³/mol. The van der Waals surface area contributed by atoms with E-state index in [1.807, 2.05) is 0 Å². The van der Waals surface area contributed by atoms with Crippen molar-refractivity contribution in [1.82, 2.24) is 4.72 Å². The molecule has 0 aliphatic heterocycles. The molecule has 2 aromatic rings. The first-order valence-corrected chi connectivity index (χ1v) is 7.60. The molecule has 0 atom stereocenters. The Bertz CT molecular complexity index is 744. The van der Waals surface area contributed by atoms with Crippen molar-refractivity contribution in [2.75, 3.05) is 19.9 Å². The Morgan fingerprint density at radius 2 is 1.71 bits per heavy atom. The van der Waals surface area contributed by atoms with Gasteiger partial charge in [0, 0.05) is 6.07 Å². The highest BCUT2D eigenvalue weighted by Gasteiger charge is 2.15. The van der Waals surface area contributed by atoms with Gasteiger partial charge in [-0.1, -0.05) is 12.1 Å². The van der Waals surface area contributed by atoms with Crippen LogP contribution in [0, 0.1) is 0 Å². The van der Waals surface area contributed by atoms with Crippen molar-refractivity contribution >= 4 is 15.7 Å². The van der Waals surface area contributed by atoms with Crippen molar-refractivity contribution in [3.8, 4) is 17.2 Å². The maximum absolute atomic E-state index is 11.8. The van der Waals surface area contributed by atoms with Crippen LogP contribution in [0.2, 0.25) is 0 Å². The molecule has 0 unspecified atom stereocenters. The Labute approximate surface area is 123 Å². The number of nitrogen functional groups attached to an aromatic ring is 1. The largest absolute Gasteiger partial charge is 0.493 e. The second kappa shape index (κ2) is 6.02. The van der Waals surface area contributed by atoms with E-state index in [-0.39, 0.29) is 10.6 Å². The summed E-state index contributed by atoms with van der Waals surface area (Å²) in [6.45, 7) is 0. The molecule has 3 N–H and O–H groups in total. The van der Waals surface area contributed by atoms with Crippen LogP contribution in [-0.2, 0) is 10.0 Å². The molecule has 0 amide bonds. The summed E-state index contributed by atoms with van der Waals surface area (Å²) in [6, 6.07) is 11.3. The Kier molecular flexibility index (Phi) is 4.35. The maximum atomic E-state index is 11.8. The molecule has 2 rings (SSSR count). The monoisotopic (exact) mass is 308 g/mol. The number of para-hydroxylation sites is 2. The molecule has 112 valence electrons. The lowest BCUT2D eigenvalue weighted by Crippen LogP contribution is -2.18. The van der Waals surface area contributed by atoms with E-state index in [1.165, 1.54) is 32.4 Å². The minimum atomic E-state index is -3.56. The zero-order chi connectivity index (χ0) is 15.5. The molecular formula is C14H16N2O4S. The number of anilines is 1. The molecule has 0 aromatic heterocycles. The highest BCUT2D eigenvalue weighted by molar-refractivity contribution is 7.89. The molecule has 0 aliphatic carbocycles. The molecule has 2 aromatic carbocycles. The van der Waals surface area contributed by atoms with Gasteiger partial charge in [0.1, 0.15) is 0 Å². The highest BCUT2D eigenvalue weighted by Crippen LogP contribution is 2.34. The van der Waals surface area contributed by atoms with E-state index in [4.69, 9.17) is 15.2 Å². The van der Waals surface area contributed by atoms with Gasteiger partial charge < -0.3 is 15.2 Å². The van der Waals surface area contributed by atoms with Crippen LogP contribution in [-0.4, -0.2) is 22.6 Å². The van der Waals surface area contributed by atoms with Crippen molar-refractivity contribution in [3.63, 3.8) is 0 Å². The number of hydrogen-bond donors (Lipinski definition) is 2. The van der Waals surface area contributed by atoms with Gasteiger partial charge in [0.15, 0.2) is 17.2 Å². The quantitative estimate of drug-likeness (QED) is 0.824. The van der Waals surface area contributed by atoms with Crippen LogP contribution in [0.5, 0.6) is 17.2 Å². The van der Waals surface area contributed by atoms with E-state index >= 15 is 0 Å². The summed E-state index contributed by atoms with van der Waals surface area (Å²) in [5.74, 6) is 1.22. The fourth-order valence-electron chi connectivity index (χ4n) is 1.71. The van der Waals surface area contributed by atoms with Crippen molar-refractivity contribution in [2.45, 2.75) is 4.90 Å². The van der Waals surface area contributed by atoms with Crippen LogP contribution in [0.4, 0.5) is 5.69 Å². The summed E-state index contributed by atoms with van der Waals surface area (Å²) >= 11 is 0. The van der Waals surface area contributed by atoms with E-state index in [9.17, 15) is 8.42 Å². The standard InChI is InChI=1S/C14H16N2O4S/c1-16-21(17,18)10-7-8-11(15)14(9-10)20-13-6-4-3-5-12(13)19-2/h3-9,16H,15H2,1-2H3. The minimum absolute atomic E-state index is 0.0732. The number of hydrogen-bond acceptors (Lipinski definition) is 5. The zero-order valence-corrected chi connectivity index (χ0v) is 12.5. The van der Waals surface area contributed by atoms with Crippen molar-refractivity contribution in [1.29, 1.82) is 0 Å². The first kappa shape index (κ1) is 15.1. The topological polar surface area (TPSA) is 90.7 Å². The Balaban J connectivity index is 2.43. The second-order valence-electron chi connectivity index (χ2n) is 4.16. The molecule has 0 saturated heterocycles. The lowest BCUT2D eigenvalue weighted by molar-refractivity contribution is 0.379. The molecule has 0 fully saturated rings. The Hall–Kier alpha value is -2.25. The molecule has 7 heteroatoms. The number of nitrogens with one attached hydrogen (secondary N) is 1. The normalized spacial score (nSPS) is 11.1. The van der Waals surface area contributed by atoms with Gasteiger partial charge in [-0.25, -0.2) is 13.1 Å². The lowest BCUT2D eigenvalue weighted by Gasteiger charge is -2.13. The van der Waals surface area contributed by atoms with Crippen LogP contribution in [0.25, 0.3) is 0 Å². The van der Waals surface area contributed by atoms with E-state index in [0.29, 0.717) is 17.2 Å². The molecule has 6 nitrogen and oxygen atoms in total. The summed E-state index contributed by atoms with van der Waals surface area (Å²) in [7, 11) is -0.701. The van der Waals surface area contributed by atoms with Crippen LogP contribution in [0.1, 0.15) is 0 Å². The molecular weight excluding hydrogens is 292 g/mol. The third kappa shape index (κ3) is 3.26. The average molecular weight is 308 g/mol. The SMILES string of the molecule is CNS(=O)(=O)c1ccc(N)c(Oc2ccccc2OC)c1. The molecule has 21 heavy (non-hydrogen) atoms. The first-order chi connectivity index (χ1) is 9.97. The predicted octanol–water partition coefficient (Wildman–Crippen LogP) is 1.98. The number of rotatable bonds is 5. The van der Waals surface area contributed by atoms with E-state index in [0.717, 1.165) is 0 Å². The summed E-state index contributed by atoms with van der Waals surface area (Å²) in [6.07, 6.45) is 0. The first-order valence-electron chi connectivity index (χ1n) is 6.12. The minimum Gasteiger partial charge on any atom is -0.493 e. The van der Waals surface area contributed by atoms with E-state index < -0.39 is 10.0 Å². The zero-order valence-electron chi connectivity index (χ0n) is 11.7. The average Bonchev–Trinajstić information content (AvgIpc) is 2.49. The molecule has 0 radical (unpaired) electrons. The van der Waals surface area contributed by atoms with Crippen molar-refractivity contribution in [2.24, 2.45) is 0 Å².